The van der Waals surface area contributed by atoms with Gasteiger partial charge in [-0.25, -0.2) is 0 Å². The molecular weight excluding hydrogens is 338 g/mol. The second-order valence-electron chi connectivity index (χ2n) is 6.14. The molecule has 0 saturated heterocycles. The van der Waals surface area contributed by atoms with Crippen molar-refractivity contribution in [2.75, 3.05) is 13.2 Å². The van der Waals surface area contributed by atoms with Gasteiger partial charge in [0.05, 0.1) is 24.0 Å². The van der Waals surface area contributed by atoms with Crippen LogP contribution in [-0.2, 0) is 0 Å². The second-order valence-corrected chi connectivity index (χ2v) is 6.14. The van der Waals surface area contributed by atoms with Gasteiger partial charge in [-0.05, 0) is 22.9 Å². The first kappa shape index (κ1) is 16.8. The fourth-order valence-electron chi connectivity index (χ4n) is 2.97. The quantitative estimate of drug-likeness (QED) is 0.512. The average molecular weight is 357 g/mol. The van der Waals surface area contributed by atoms with Crippen molar-refractivity contribution < 1.29 is 9.53 Å². The SMILES string of the molecule is O=C(NCCOc1ccc2ccccc2c1)c1cn[nH]c1-c1ccccc1. The first-order valence-corrected chi connectivity index (χ1v) is 8.80. The third-order valence-corrected chi connectivity index (χ3v) is 4.32. The highest BCUT2D eigenvalue weighted by atomic mass is 16.5. The Morgan fingerprint density at radius 3 is 2.59 bits per heavy atom. The fraction of sp³-hybridized carbons (Fsp3) is 0.0909. The van der Waals surface area contributed by atoms with Crippen molar-refractivity contribution in [3.63, 3.8) is 0 Å². The number of amides is 1. The van der Waals surface area contributed by atoms with E-state index in [0.29, 0.717) is 24.4 Å². The van der Waals surface area contributed by atoms with Crippen LogP contribution in [0, 0.1) is 0 Å². The highest BCUT2D eigenvalue weighted by Gasteiger charge is 2.14. The zero-order chi connectivity index (χ0) is 18.5. The number of hydrogen-bond acceptors (Lipinski definition) is 3. The van der Waals surface area contributed by atoms with Gasteiger partial charge in [-0.3, -0.25) is 9.89 Å². The second kappa shape index (κ2) is 7.74. The molecule has 1 amide bonds. The molecule has 0 atom stereocenters. The maximum Gasteiger partial charge on any atom is 0.255 e. The maximum atomic E-state index is 12.5. The Kier molecular flexibility index (Phi) is 4.83. The number of carbonyl (C=O) groups excluding carboxylic acids is 1. The van der Waals surface area contributed by atoms with Crippen LogP contribution in [0.2, 0.25) is 0 Å². The summed E-state index contributed by atoms with van der Waals surface area (Å²) >= 11 is 0. The van der Waals surface area contributed by atoms with Crippen molar-refractivity contribution in [1.29, 1.82) is 0 Å². The van der Waals surface area contributed by atoms with Crippen LogP contribution in [0.4, 0.5) is 0 Å². The van der Waals surface area contributed by atoms with E-state index < -0.39 is 0 Å². The summed E-state index contributed by atoms with van der Waals surface area (Å²) in [7, 11) is 0. The number of nitrogens with zero attached hydrogens (tertiary/aromatic N) is 1. The molecule has 1 heterocycles. The molecular formula is C22H19N3O2. The Labute approximate surface area is 157 Å². The first-order chi connectivity index (χ1) is 13.3. The molecule has 4 rings (SSSR count). The van der Waals surface area contributed by atoms with Gasteiger partial charge < -0.3 is 10.1 Å². The third kappa shape index (κ3) is 3.82. The van der Waals surface area contributed by atoms with Crippen LogP contribution < -0.4 is 10.1 Å². The van der Waals surface area contributed by atoms with Gasteiger partial charge in [-0.1, -0.05) is 60.7 Å². The summed E-state index contributed by atoms with van der Waals surface area (Å²) in [6.45, 7) is 0.799. The van der Waals surface area contributed by atoms with Crippen molar-refractivity contribution in [1.82, 2.24) is 15.5 Å². The summed E-state index contributed by atoms with van der Waals surface area (Å²) in [5.74, 6) is 0.612. The molecule has 0 unspecified atom stereocenters. The van der Waals surface area contributed by atoms with E-state index in [1.807, 2.05) is 66.7 Å². The normalized spacial score (nSPS) is 10.7. The topological polar surface area (TPSA) is 67.0 Å². The van der Waals surface area contributed by atoms with Gasteiger partial charge in [0.1, 0.15) is 12.4 Å². The minimum absolute atomic E-state index is 0.176. The summed E-state index contributed by atoms with van der Waals surface area (Å²) in [5.41, 5.74) is 2.16. The minimum atomic E-state index is -0.176. The summed E-state index contributed by atoms with van der Waals surface area (Å²) in [5, 5.41) is 12.1. The van der Waals surface area contributed by atoms with E-state index in [-0.39, 0.29) is 5.91 Å². The molecule has 0 spiro atoms. The molecule has 0 radical (unpaired) electrons. The number of rotatable bonds is 6. The van der Waals surface area contributed by atoms with Crippen LogP contribution in [-0.4, -0.2) is 29.3 Å². The fourth-order valence-corrected chi connectivity index (χ4v) is 2.97. The number of aromatic amines is 1. The number of benzene rings is 3. The lowest BCUT2D eigenvalue weighted by molar-refractivity contribution is 0.0947. The highest BCUT2D eigenvalue weighted by molar-refractivity contribution is 5.99. The molecule has 5 heteroatoms. The molecule has 0 aliphatic rings. The van der Waals surface area contributed by atoms with E-state index in [0.717, 1.165) is 16.7 Å². The Balaban J connectivity index is 1.34. The molecule has 1 aromatic heterocycles. The van der Waals surface area contributed by atoms with E-state index in [1.54, 1.807) is 6.20 Å². The van der Waals surface area contributed by atoms with Gasteiger partial charge in [-0.2, -0.15) is 5.10 Å². The van der Waals surface area contributed by atoms with Crippen molar-refractivity contribution in [3.8, 4) is 17.0 Å². The standard InChI is InChI=1S/C22H19N3O2/c26-22(20-15-24-25-21(20)17-7-2-1-3-8-17)23-12-13-27-19-11-10-16-6-4-5-9-18(16)14-19/h1-11,14-15H,12-13H2,(H,23,26)(H,24,25). The van der Waals surface area contributed by atoms with E-state index in [2.05, 4.69) is 21.6 Å². The predicted molar refractivity (Wildman–Crippen MR) is 106 cm³/mol. The van der Waals surface area contributed by atoms with Gasteiger partial charge in [0, 0.05) is 5.56 Å². The largest absolute Gasteiger partial charge is 0.492 e. The molecule has 0 fully saturated rings. The van der Waals surface area contributed by atoms with Gasteiger partial charge in [0.25, 0.3) is 5.91 Å². The lowest BCUT2D eigenvalue weighted by Gasteiger charge is -2.09. The number of hydrogen-bond donors (Lipinski definition) is 2. The molecule has 3 aromatic carbocycles. The van der Waals surface area contributed by atoms with Crippen LogP contribution in [0.15, 0.2) is 79.0 Å². The number of fused-ring (bicyclic) bond motifs is 1. The zero-order valence-corrected chi connectivity index (χ0v) is 14.7. The molecule has 5 nitrogen and oxygen atoms in total. The molecule has 0 aliphatic heterocycles. The Hall–Kier alpha value is -3.60. The number of H-pyrrole nitrogens is 1. The molecule has 0 aliphatic carbocycles. The van der Waals surface area contributed by atoms with Crippen molar-refractivity contribution in [2.45, 2.75) is 0 Å². The van der Waals surface area contributed by atoms with Crippen molar-refractivity contribution >= 4 is 16.7 Å². The van der Waals surface area contributed by atoms with Crippen molar-refractivity contribution in [3.05, 3.63) is 84.6 Å². The van der Waals surface area contributed by atoms with Crippen LogP contribution in [0.1, 0.15) is 10.4 Å². The average Bonchev–Trinajstić information content (AvgIpc) is 3.22. The monoisotopic (exact) mass is 357 g/mol. The van der Waals surface area contributed by atoms with Crippen LogP contribution in [0.5, 0.6) is 5.75 Å². The molecule has 0 saturated carbocycles. The smallest absolute Gasteiger partial charge is 0.255 e. The number of ether oxygens (including phenoxy) is 1. The van der Waals surface area contributed by atoms with E-state index in [4.69, 9.17) is 4.74 Å². The van der Waals surface area contributed by atoms with Crippen LogP contribution in [0.25, 0.3) is 22.0 Å². The third-order valence-electron chi connectivity index (χ3n) is 4.32. The summed E-state index contributed by atoms with van der Waals surface area (Å²) in [6, 6.07) is 23.8. The summed E-state index contributed by atoms with van der Waals surface area (Å²) in [4.78, 5) is 12.5. The number of carbonyl (C=O) groups is 1. The van der Waals surface area contributed by atoms with Crippen LogP contribution in [0.3, 0.4) is 0 Å². The van der Waals surface area contributed by atoms with Crippen LogP contribution >= 0.6 is 0 Å². The van der Waals surface area contributed by atoms with E-state index in [1.165, 1.54) is 5.39 Å². The Bertz CT molecular complexity index is 1060. The predicted octanol–water partition coefficient (Wildman–Crippen LogP) is 4.04. The van der Waals surface area contributed by atoms with Gasteiger partial charge in [0.2, 0.25) is 0 Å². The lowest BCUT2D eigenvalue weighted by Crippen LogP contribution is -2.28. The van der Waals surface area contributed by atoms with Gasteiger partial charge in [0.15, 0.2) is 0 Å². The van der Waals surface area contributed by atoms with E-state index >= 15 is 0 Å². The molecule has 4 aromatic rings. The number of nitrogens with one attached hydrogen (secondary N) is 2. The summed E-state index contributed by atoms with van der Waals surface area (Å²) in [6.07, 6.45) is 1.54. The molecule has 27 heavy (non-hydrogen) atoms. The van der Waals surface area contributed by atoms with Gasteiger partial charge >= 0.3 is 0 Å². The van der Waals surface area contributed by atoms with E-state index in [9.17, 15) is 4.79 Å². The maximum absolute atomic E-state index is 12.5. The van der Waals surface area contributed by atoms with Gasteiger partial charge in [-0.15, -0.1) is 0 Å². The Morgan fingerprint density at radius 1 is 0.963 bits per heavy atom. The zero-order valence-electron chi connectivity index (χ0n) is 14.7. The lowest BCUT2D eigenvalue weighted by atomic mass is 10.1. The Morgan fingerprint density at radius 2 is 1.74 bits per heavy atom. The van der Waals surface area contributed by atoms with Crippen molar-refractivity contribution in [2.24, 2.45) is 0 Å². The molecule has 134 valence electrons. The minimum Gasteiger partial charge on any atom is -0.492 e. The number of aromatic nitrogens is 2. The molecule has 0 bridgehead atoms. The summed E-state index contributed by atoms with van der Waals surface area (Å²) < 4.78 is 5.76. The highest BCUT2D eigenvalue weighted by Crippen LogP contribution is 2.21. The molecule has 2 N–H and O–H groups in total. The first-order valence-electron chi connectivity index (χ1n) is 8.80.